The van der Waals surface area contributed by atoms with Crippen molar-refractivity contribution < 1.29 is 14.3 Å². The molecule has 2 aromatic carbocycles. The Balaban J connectivity index is 1.73. The van der Waals surface area contributed by atoms with Crippen molar-refractivity contribution in [2.75, 3.05) is 0 Å². The number of halogens is 3. The molecule has 3 atom stereocenters. The molecule has 3 unspecified atom stereocenters. The summed E-state index contributed by atoms with van der Waals surface area (Å²) in [5.41, 5.74) is 0.215. The number of nitrogens with zero attached hydrogens (tertiary/aromatic N) is 1. The lowest BCUT2D eigenvalue weighted by Gasteiger charge is -2.13. The fourth-order valence-corrected chi connectivity index (χ4v) is 3.99. The van der Waals surface area contributed by atoms with Crippen molar-refractivity contribution in [3.05, 3.63) is 69.1 Å². The van der Waals surface area contributed by atoms with Crippen LogP contribution in [0.5, 0.6) is 11.5 Å². The number of carbonyl (C=O) groups is 1. The zero-order chi connectivity index (χ0) is 21.2. The van der Waals surface area contributed by atoms with E-state index >= 15 is 0 Å². The highest BCUT2D eigenvalue weighted by Gasteiger charge is 2.62. The third kappa shape index (κ3) is 5.14. The Bertz CT molecular complexity index is 996. The minimum atomic E-state index is -1.04. The third-order valence-corrected chi connectivity index (χ3v) is 5.76. The molecule has 1 aliphatic carbocycles. The molecule has 0 aliphatic heterocycles. The Morgan fingerprint density at radius 3 is 2.48 bits per heavy atom. The number of hydrogen-bond acceptors (Lipinski definition) is 4. The van der Waals surface area contributed by atoms with Crippen molar-refractivity contribution in [3.63, 3.8) is 0 Å². The standard InChI is InChI=1S/C22H18BrCl2NO3/c1-22(2)17(11-19(24)25)20(22)21(27)29-18(12-26)13-5-3-7-15(9-13)28-16-8-4-6-14(23)10-16/h3-11,17-18,20H,1-2H3. The molecule has 1 aliphatic rings. The van der Waals surface area contributed by atoms with Gasteiger partial charge in [0.2, 0.25) is 6.10 Å². The molecule has 0 aromatic heterocycles. The van der Waals surface area contributed by atoms with Gasteiger partial charge in [-0.1, -0.05) is 71.2 Å². The van der Waals surface area contributed by atoms with E-state index in [1.807, 2.05) is 44.2 Å². The maximum Gasteiger partial charge on any atom is 0.311 e. The van der Waals surface area contributed by atoms with E-state index in [0.717, 1.165) is 4.47 Å². The van der Waals surface area contributed by atoms with Crippen molar-refractivity contribution in [1.82, 2.24) is 0 Å². The maximum atomic E-state index is 12.6. The Hall–Kier alpha value is -2.00. The zero-order valence-corrected chi connectivity index (χ0v) is 18.8. The third-order valence-electron chi connectivity index (χ3n) is 5.01. The predicted molar refractivity (Wildman–Crippen MR) is 116 cm³/mol. The van der Waals surface area contributed by atoms with E-state index in [1.165, 1.54) is 0 Å². The van der Waals surface area contributed by atoms with E-state index in [4.69, 9.17) is 32.7 Å². The lowest BCUT2D eigenvalue weighted by atomic mass is 10.1. The van der Waals surface area contributed by atoms with Crippen molar-refractivity contribution in [3.8, 4) is 17.6 Å². The molecule has 3 rings (SSSR count). The normalized spacial score (nSPS) is 20.1. The van der Waals surface area contributed by atoms with E-state index in [2.05, 4.69) is 15.9 Å². The van der Waals surface area contributed by atoms with Gasteiger partial charge in [0.1, 0.15) is 22.1 Å². The Morgan fingerprint density at radius 1 is 1.21 bits per heavy atom. The topological polar surface area (TPSA) is 59.3 Å². The molecule has 7 heteroatoms. The fourth-order valence-electron chi connectivity index (χ4n) is 3.34. The Kier molecular flexibility index (Phi) is 6.58. The minimum Gasteiger partial charge on any atom is -0.457 e. The Labute approximate surface area is 188 Å². The summed E-state index contributed by atoms with van der Waals surface area (Å²) in [5.74, 6) is 0.223. The molecule has 1 fully saturated rings. The van der Waals surface area contributed by atoms with Gasteiger partial charge in [0.15, 0.2) is 0 Å². The van der Waals surface area contributed by atoms with Crippen LogP contribution in [0.2, 0.25) is 0 Å². The first-order valence-electron chi connectivity index (χ1n) is 8.88. The molecule has 0 N–H and O–H groups in total. The van der Waals surface area contributed by atoms with Crippen molar-refractivity contribution >= 4 is 45.1 Å². The maximum absolute atomic E-state index is 12.6. The van der Waals surface area contributed by atoms with Gasteiger partial charge in [0, 0.05) is 10.0 Å². The van der Waals surface area contributed by atoms with Gasteiger partial charge in [-0.3, -0.25) is 4.79 Å². The molecule has 0 spiro atoms. The van der Waals surface area contributed by atoms with Crippen molar-refractivity contribution in [1.29, 1.82) is 5.26 Å². The number of hydrogen-bond donors (Lipinski definition) is 0. The monoisotopic (exact) mass is 493 g/mol. The predicted octanol–water partition coefficient (Wildman–Crippen LogP) is 6.94. The second kappa shape index (κ2) is 8.79. The summed E-state index contributed by atoms with van der Waals surface area (Å²) >= 11 is 14.9. The number of nitriles is 1. The van der Waals surface area contributed by atoms with Gasteiger partial charge in [0.25, 0.3) is 0 Å². The summed E-state index contributed by atoms with van der Waals surface area (Å²) in [7, 11) is 0. The van der Waals surface area contributed by atoms with Gasteiger partial charge in [0.05, 0.1) is 5.92 Å². The second-order valence-corrected chi connectivity index (χ2v) is 9.28. The molecule has 0 amide bonds. The van der Waals surface area contributed by atoms with E-state index in [-0.39, 0.29) is 15.8 Å². The van der Waals surface area contributed by atoms with E-state index in [9.17, 15) is 10.1 Å². The van der Waals surface area contributed by atoms with Gasteiger partial charge < -0.3 is 9.47 Å². The molecular formula is C22H18BrCl2NO3. The lowest BCUT2D eigenvalue weighted by molar-refractivity contribution is -0.149. The summed E-state index contributed by atoms with van der Waals surface area (Å²) in [6.07, 6.45) is 0.601. The summed E-state index contributed by atoms with van der Waals surface area (Å²) in [5, 5.41) is 9.56. The van der Waals surface area contributed by atoms with Crippen LogP contribution in [-0.4, -0.2) is 5.97 Å². The van der Waals surface area contributed by atoms with E-state index < -0.39 is 18.0 Å². The quantitative estimate of drug-likeness (QED) is 0.408. The van der Waals surface area contributed by atoms with Crippen LogP contribution >= 0.6 is 39.1 Å². The van der Waals surface area contributed by atoms with Crippen LogP contribution in [-0.2, 0) is 9.53 Å². The summed E-state index contributed by atoms with van der Waals surface area (Å²) in [6, 6.07) is 16.4. The molecule has 2 aromatic rings. The largest absolute Gasteiger partial charge is 0.457 e. The molecule has 0 bridgehead atoms. The summed E-state index contributed by atoms with van der Waals surface area (Å²) < 4.78 is 12.3. The number of esters is 1. The van der Waals surface area contributed by atoms with Crippen LogP contribution in [0.25, 0.3) is 0 Å². The smallest absolute Gasteiger partial charge is 0.311 e. The van der Waals surface area contributed by atoms with Gasteiger partial charge in [-0.2, -0.15) is 5.26 Å². The first-order valence-corrected chi connectivity index (χ1v) is 10.4. The van der Waals surface area contributed by atoms with Gasteiger partial charge >= 0.3 is 5.97 Å². The molecule has 4 nitrogen and oxygen atoms in total. The molecule has 0 heterocycles. The Morgan fingerprint density at radius 2 is 1.86 bits per heavy atom. The average molecular weight is 495 g/mol. The highest BCUT2D eigenvalue weighted by atomic mass is 79.9. The van der Waals surface area contributed by atoms with Crippen LogP contribution in [0, 0.1) is 28.6 Å². The summed E-state index contributed by atoms with van der Waals surface area (Å²) in [4.78, 5) is 12.6. The molecule has 150 valence electrons. The highest BCUT2D eigenvalue weighted by molar-refractivity contribution is 9.10. The number of benzene rings is 2. The molecule has 0 saturated heterocycles. The molecule has 0 radical (unpaired) electrons. The van der Waals surface area contributed by atoms with Crippen LogP contribution < -0.4 is 4.74 Å². The molecule has 29 heavy (non-hydrogen) atoms. The number of ether oxygens (including phenoxy) is 2. The van der Waals surface area contributed by atoms with Gasteiger partial charge in [-0.25, -0.2) is 0 Å². The molecular weight excluding hydrogens is 477 g/mol. The number of carbonyl (C=O) groups excluding carboxylic acids is 1. The fraction of sp³-hybridized carbons (Fsp3) is 0.273. The summed E-state index contributed by atoms with van der Waals surface area (Å²) in [6.45, 7) is 3.87. The first kappa shape index (κ1) is 21.7. The first-order chi connectivity index (χ1) is 13.7. The van der Waals surface area contributed by atoms with Crippen LogP contribution in [0.15, 0.2) is 63.6 Å². The zero-order valence-electron chi connectivity index (χ0n) is 15.7. The van der Waals surface area contributed by atoms with Gasteiger partial charge in [-0.15, -0.1) is 0 Å². The molecule has 1 saturated carbocycles. The van der Waals surface area contributed by atoms with Crippen LogP contribution in [0.3, 0.4) is 0 Å². The van der Waals surface area contributed by atoms with Crippen molar-refractivity contribution in [2.45, 2.75) is 20.0 Å². The highest BCUT2D eigenvalue weighted by Crippen LogP contribution is 2.60. The minimum absolute atomic E-state index is 0.118. The van der Waals surface area contributed by atoms with Crippen LogP contribution in [0.1, 0.15) is 25.5 Å². The average Bonchev–Trinajstić information content (AvgIpc) is 3.19. The van der Waals surface area contributed by atoms with Crippen molar-refractivity contribution in [2.24, 2.45) is 17.3 Å². The lowest BCUT2D eigenvalue weighted by Crippen LogP contribution is -2.14. The number of allylic oxidation sites excluding steroid dienone is 1. The van der Waals surface area contributed by atoms with E-state index in [0.29, 0.717) is 17.1 Å². The van der Waals surface area contributed by atoms with Crippen LogP contribution in [0.4, 0.5) is 0 Å². The number of rotatable bonds is 6. The SMILES string of the molecule is CC1(C)C(C=C(Cl)Cl)C1C(=O)OC(C#N)c1cccc(Oc2cccc(Br)c2)c1. The van der Waals surface area contributed by atoms with E-state index in [1.54, 1.807) is 30.3 Å². The van der Waals surface area contributed by atoms with Gasteiger partial charge in [-0.05, 0) is 47.7 Å². The second-order valence-electron chi connectivity index (χ2n) is 7.36.